The molecule has 0 spiro atoms. The lowest BCUT2D eigenvalue weighted by atomic mass is 10.1. The van der Waals surface area contributed by atoms with E-state index in [1.165, 1.54) is 12.8 Å². The second-order valence-electron chi connectivity index (χ2n) is 6.00. The number of carbonyl (C=O) groups excluding carboxylic acids is 1. The molecule has 1 aromatic carbocycles. The zero-order valence-electron chi connectivity index (χ0n) is 12.3. The molecule has 110 valence electrons. The summed E-state index contributed by atoms with van der Waals surface area (Å²) in [6, 6.07) is 7.87. The minimum Gasteiger partial charge on any atom is -0.336 e. The average molecular weight is 303 g/mol. The Kier molecular flexibility index (Phi) is 3.85. The second kappa shape index (κ2) is 5.64. The molecule has 1 aromatic heterocycles. The number of nitrogens with zero attached hydrogens (tertiary/aromatic N) is 2. The maximum absolute atomic E-state index is 12.9. The van der Waals surface area contributed by atoms with E-state index < -0.39 is 0 Å². The number of fused-ring (bicyclic) bond motifs is 1. The van der Waals surface area contributed by atoms with Gasteiger partial charge in [-0.25, -0.2) is 4.98 Å². The molecule has 1 heterocycles. The molecule has 0 bridgehead atoms. The summed E-state index contributed by atoms with van der Waals surface area (Å²) in [5.74, 6) is 0.722. The van der Waals surface area contributed by atoms with Crippen molar-refractivity contribution in [3.05, 3.63) is 41.2 Å². The molecular formula is C17H19ClN2O. The summed E-state index contributed by atoms with van der Waals surface area (Å²) >= 11 is 6.13. The number of pyridine rings is 1. The topological polar surface area (TPSA) is 33.2 Å². The van der Waals surface area contributed by atoms with Crippen LogP contribution in [0.1, 0.15) is 37.0 Å². The van der Waals surface area contributed by atoms with Gasteiger partial charge in [0.25, 0.3) is 5.91 Å². The van der Waals surface area contributed by atoms with E-state index in [0.717, 1.165) is 17.3 Å². The molecule has 21 heavy (non-hydrogen) atoms. The number of amides is 1. The molecule has 3 rings (SSSR count). The van der Waals surface area contributed by atoms with Gasteiger partial charge in [-0.1, -0.05) is 35.9 Å². The second-order valence-corrected chi connectivity index (χ2v) is 6.36. The van der Waals surface area contributed by atoms with Gasteiger partial charge in [0.15, 0.2) is 0 Å². The molecule has 0 aliphatic heterocycles. The number of halogens is 1. The van der Waals surface area contributed by atoms with Crippen LogP contribution in [0.5, 0.6) is 0 Å². The predicted octanol–water partition coefficient (Wildman–Crippen LogP) is 4.15. The van der Waals surface area contributed by atoms with Crippen LogP contribution in [-0.2, 0) is 0 Å². The highest BCUT2D eigenvalue weighted by Crippen LogP contribution is 2.32. The van der Waals surface area contributed by atoms with Crippen LogP contribution in [0.15, 0.2) is 30.5 Å². The normalized spacial score (nSPS) is 14.7. The molecule has 2 aromatic rings. The van der Waals surface area contributed by atoms with Crippen molar-refractivity contribution in [2.45, 2.75) is 32.7 Å². The van der Waals surface area contributed by atoms with Gasteiger partial charge in [0, 0.05) is 24.2 Å². The Labute approximate surface area is 129 Å². The van der Waals surface area contributed by atoms with E-state index >= 15 is 0 Å². The fraction of sp³-hybridized carbons (Fsp3) is 0.412. The van der Waals surface area contributed by atoms with Gasteiger partial charge in [0.1, 0.15) is 5.15 Å². The monoisotopic (exact) mass is 302 g/mol. The minimum atomic E-state index is 0.0530. The third-order valence-corrected chi connectivity index (χ3v) is 4.31. The van der Waals surface area contributed by atoms with Gasteiger partial charge >= 0.3 is 0 Å². The van der Waals surface area contributed by atoms with Crippen molar-refractivity contribution in [2.24, 2.45) is 5.92 Å². The fourth-order valence-corrected chi connectivity index (χ4v) is 2.80. The summed E-state index contributed by atoms with van der Waals surface area (Å²) in [5, 5.41) is 2.16. The van der Waals surface area contributed by atoms with Crippen molar-refractivity contribution >= 4 is 28.3 Å². The zero-order chi connectivity index (χ0) is 15.0. The van der Waals surface area contributed by atoms with Crippen molar-refractivity contribution < 1.29 is 4.79 Å². The predicted molar refractivity (Wildman–Crippen MR) is 85.6 cm³/mol. The highest BCUT2D eigenvalue weighted by molar-refractivity contribution is 6.34. The third kappa shape index (κ3) is 2.88. The van der Waals surface area contributed by atoms with Gasteiger partial charge in [-0.15, -0.1) is 0 Å². The van der Waals surface area contributed by atoms with Crippen LogP contribution in [0.3, 0.4) is 0 Å². The van der Waals surface area contributed by atoms with Gasteiger partial charge in [-0.2, -0.15) is 0 Å². The molecule has 0 atom stereocenters. The molecular weight excluding hydrogens is 284 g/mol. The third-order valence-electron chi connectivity index (χ3n) is 4.01. The number of benzene rings is 1. The molecule has 0 radical (unpaired) electrons. The van der Waals surface area contributed by atoms with E-state index in [1.807, 2.05) is 29.2 Å². The first-order chi connectivity index (χ1) is 10.1. The van der Waals surface area contributed by atoms with Crippen LogP contribution in [-0.4, -0.2) is 28.4 Å². The summed E-state index contributed by atoms with van der Waals surface area (Å²) in [4.78, 5) is 19.1. The van der Waals surface area contributed by atoms with Crippen molar-refractivity contribution in [3.63, 3.8) is 0 Å². The Hall–Kier alpha value is -1.61. The summed E-state index contributed by atoms with van der Waals surface area (Å²) in [7, 11) is 0. The number of aromatic nitrogens is 1. The number of rotatable bonds is 4. The van der Waals surface area contributed by atoms with Crippen molar-refractivity contribution in [2.75, 3.05) is 6.54 Å². The van der Waals surface area contributed by atoms with Crippen LogP contribution >= 0.6 is 11.6 Å². The lowest BCUT2D eigenvalue weighted by molar-refractivity contribution is 0.0698. The van der Waals surface area contributed by atoms with Crippen molar-refractivity contribution in [1.29, 1.82) is 0 Å². The molecule has 1 fully saturated rings. The van der Waals surface area contributed by atoms with Gasteiger partial charge < -0.3 is 4.90 Å². The summed E-state index contributed by atoms with van der Waals surface area (Å²) < 4.78 is 0. The lowest BCUT2D eigenvalue weighted by Crippen LogP contribution is -2.38. The van der Waals surface area contributed by atoms with Gasteiger partial charge in [-0.3, -0.25) is 4.79 Å². The van der Waals surface area contributed by atoms with Crippen molar-refractivity contribution in [3.8, 4) is 0 Å². The lowest BCUT2D eigenvalue weighted by Gasteiger charge is -2.27. The van der Waals surface area contributed by atoms with Crippen LogP contribution < -0.4 is 0 Å². The molecule has 1 saturated carbocycles. The summed E-state index contributed by atoms with van der Waals surface area (Å²) in [6.07, 6.45) is 4.07. The molecule has 0 saturated heterocycles. The van der Waals surface area contributed by atoms with E-state index in [-0.39, 0.29) is 11.9 Å². The summed E-state index contributed by atoms with van der Waals surface area (Å²) in [6.45, 7) is 4.96. The maximum atomic E-state index is 12.9. The minimum absolute atomic E-state index is 0.0530. The van der Waals surface area contributed by atoms with Gasteiger partial charge in [0.05, 0.1) is 5.56 Å². The average Bonchev–Trinajstić information content (AvgIpc) is 3.28. The Balaban J connectivity index is 2.02. The maximum Gasteiger partial charge on any atom is 0.256 e. The van der Waals surface area contributed by atoms with E-state index in [9.17, 15) is 4.79 Å². The SMILES string of the molecule is CC(C)N(CC1CC1)C(=O)c1cnc(Cl)c2ccccc12. The van der Waals surface area contributed by atoms with E-state index in [4.69, 9.17) is 11.6 Å². The standard InChI is InChI=1S/C17H19ClN2O/c1-11(2)20(10-12-7-8-12)17(21)15-9-19-16(18)14-6-4-3-5-13(14)15/h3-6,9,11-12H,7-8,10H2,1-2H3. The molecule has 0 N–H and O–H groups in total. The highest BCUT2D eigenvalue weighted by atomic mass is 35.5. The largest absolute Gasteiger partial charge is 0.336 e. The number of hydrogen-bond donors (Lipinski definition) is 0. The quantitative estimate of drug-likeness (QED) is 0.795. The highest BCUT2D eigenvalue weighted by Gasteiger charge is 2.29. The number of carbonyl (C=O) groups is 1. The molecule has 3 nitrogen and oxygen atoms in total. The Bertz CT molecular complexity index is 680. The van der Waals surface area contributed by atoms with Gasteiger partial charge in [-0.05, 0) is 38.0 Å². The van der Waals surface area contributed by atoms with E-state index in [0.29, 0.717) is 16.6 Å². The number of hydrogen-bond acceptors (Lipinski definition) is 2. The molecule has 4 heteroatoms. The Morgan fingerprint density at radius 1 is 1.33 bits per heavy atom. The molecule has 1 aliphatic carbocycles. The smallest absolute Gasteiger partial charge is 0.256 e. The first kappa shape index (κ1) is 14.3. The first-order valence-electron chi connectivity index (χ1n) is 7.42. The van der Waals surface area contributed by atoms with E-state index in [2.05, 4.69) is 18.8 Å². The summed E-state index contributed by atoms with van der Waals surface area (Å²) in [5.41, 5.74) is 0.643. The van der Waals surface area contributed by atoms with E-state index in [1.54, 1.807) is 6.20 Å². The van der Waals surface area contributed by atoms with Gasteiger partial charge in [0.2, 0.25) is 0 Å². The molecule has 1 aliphatic rings. The molecule has 1 amide bonds. The fourth-order valence-electron chi connectivity index (χ4n) is 2.59. The Morgan fingerprint density at radius 3 is 2.62 bits per heavy atom. The molecule has 0 unspecified atom stereocenters. The van der Waals surface area contributed by atoms with Crippen LogP contribution in [0.2, 0.25) is 5.15 Å². The van der Waals surface area contributed by atoms with Crippen molar-refractivity contribution in [1.82, 2.24) is 9.88 Å². The first-order valence-corrected chi connectivity index (χ1v) is 7.80. The van der Waals surface area contributed by atoms with Crippen LogP contribution in [0.25, 0.3) is 10.8 Å². The zero-order valence-corrected chi connectivity index (χ0v) is 13.1. The van der Waals surface area contributed by atoms with Crippen LogP contribution in [0.4, 0.5) is 0 Å². The van der Waals surface area contributed by atoms with Crippen LogP contribution in [0, 0.1) is 5.92 Å². The Morgan fingerprint density at radius 2 is 2.00 bits per heavy atom.